The summed E-state index contributed by atoms with van der Waals surface area (Å²) >= 11 is 4.81. The summed E-state index contributed by atoms with van der Waals surface area (Å²) in [6.07, 6.45) is 0. The monoisotopic (exact) mass is 475 g/mol. The number of nitrogens with one attached hydrogen (secondary N) is 1. The molecule has 0 radical (unpaired) electrons. The molecule has 29 heavy (non-hydrogen) atoms. The first-order chi connectivity index (χ1) is 13.8. The molecular formula is C21H22BrN3O3S. The minimum absolute atomic E-state index is 0.0395. The quantitative estimate of drug-likeness (QED) is 0.523. The number of benzene rings is 2. The van der Waals surface area contributed by atoms with Crippen molar-refractivity contribution in [1.29, 1.82) is 0 Å². The molecule has 0 spiro atoms. The summed E-state index contributed by atoms with van der Waals surface area (Å²) in [4.78, 5) is 12.2. The molecule has 0 saturated heterocycles. The van der Waals surface area contributed by atoms with E-state index in [2.05, 4.69) is 52.2 Å². The van der Waals surface area contributed by atoms with Crippen molar-refractivity contribution < 1.29 is 14.3 Å². The van der Waals surface area contributed by atoms with Crippen LogP contribution in [0.1, 0.15) is 26.3 Å². The molecule has 8 heteroatoms. The number of carbonyl (C=O) groups is 1. The first-order valence-electron chi connectivity index (χ1n) is 8.97. The molecule has 0 atom stereocenters. The van der Waals surface area contributed by atoms with E-state index < -0.39 is 0 Å². The van der Waals surface area contributed by atoms with Crippen molar-refractivity contribution in [3.63, 3.8) is 0 Å². The summed E-state index contributed by atoms with van der Waals surface area (Å²) in [6, 6.07) is 13.4. The Morgan fingerprint density at radius 3 is 2.48 bits per heavy atom. The van der Waals surface area contributed by atoms with E-state index in [0.717, 1.165) is 15.8 Å². The number of nitrogens with zero attached hydrogens (tertiary/aromatic N) is 2. The number of methoxy groups -OCH3 is 1. The van der Waals surface area contributed by atoms with Gasteiger partial charge in [-0.2, -0.15) is 0 Å². The van der Waals surface area contributed by atoms with Crippen molar-refractivity contribution in [3.05, 3.63) is 52.5 Å². The van der Waals surface area contributed by atoms with Gasteiger partial charge in [-0.15, -0.1) is 10.2 Å². The van der Waals surface area contributed by atoms with E-state index in [1.165, 1.54) is 16.9 Å². The second-order valence-corrected chi connectivity index (χ2v) is 9.20. The van der Waals surface area contributed by atoms with Crippen LogP contribution in [0, 0.1) is 0 Å². The maximum Gasteiger partial charge on any atom is 0.264 e. The molecule has 6 nitrogen and oxygen atoms in total. The largest absolute Gasteiger partial charge is 0.497 e. The van der Waals surface area contributed by atoms with Crippen LogP contribution in [0.5, 0.6) is 11.5 Å². The zero-order valence-corrected chi connectivity index (χ0v) is 19.1. The molecule has 0 fully saturated rings. The van der Waals surface area contributed by atoms with Crippen LogP contribution in [0.15, 0.2) is 46.9 Å². The van der Waals surface area contributed by atoms with Crippen molar-refractivity contribution >= 4 is 38.3 Å². The Morgan fingerprint density at radius 1 is 1.14 bits per heavy atom. The normalized spacial score (nSPS) is 11.2. The van der Waals surface area contributed by atoms with Crippen LogP contribution in [0.3, 0.4) is 0 Å². The fraction of sp³-hybridized carbons (Fsp3) is 0.286. The zero-order valence-electron chi connectivity index (χ0n) is 16.7. The number of rotatable bonds is 6. The van der Waals surface area contributed by atoms with Crippen LogP contribution in [-0.4, -0.2) is 29.8 Å². The molecule has 1 amide bonds. The van der Waals surface area contributed by atoms with Gasteiger partial charge in [0.2, 0.25) is 5.13 Å². The van der Waals surface area contributed by atoms with Crippen molar-refractivity contribution in [3.8, 4) is 22.1 Å². The topological polar surface area (TPSA) is 73.3 Å². The van der Waals surface area contributed by atoms with E-state index in [-0.39, 0.29) is 17.9 Å². The van der Waals surface area contributed by atoms with Crippen molar-refractivity contribution in [2.24, 2.45) is 0 Å². The van der Waals surface area contributed by atoms with Gasteiger partial charge in [-0.1, -0.05) is 38.2 Å². The van der Waals surface area contributed by atoms with E-state index in [1.54, 1.807) is 7.11 Å². The summed E-state index contributed by atoms with van der Waals surface area (Å²) in [5.41, 5.74) is 2.13. The fourth-order valence-corrected chi connectivity index (χ4v) is 3.77. The first kappa shape index (κ1) is 21.3. The molecule has 0 bridgehead atoms. The van der Waals surface area contributed by atoms with Gasteiger partial charge < -0.3 is 9.47 Å². The maximum absolute atomic E-state index is 12.2. The highest BCUT2D eigenvalue weighted by Crippen LogP contribution is 2.32. The molecule has 0 aliphatic rings. The average molecular weight is 476 g/mol. The molecule has 0 saturated carbocycles. The predicted octanol–water partition coefficient (Wildman–Crippen LogP) is 5.29. The smallest absolute Gasteiger partial charge is 0.264 e. The molecule has 0 aliphatic heterocycles. The van der Waals surface area contributed by atoms with Crippen LogP contribution in [0.25, 0.3) is 10.6 Å². The van der Waals surface area contributed by atoms with Crippen LogP contribution >= 0.6 is 27.3 Å². The van der Waals surface area contributed by atoms with Gasteiger partial charge in [0.15, 0.2) is 6.61 Å². The first-order valence-corrected chi connectivity index (χ1v) is 10.6. The summed E-state index contributed by atoms with van der Waals surface area (Å²) < 4.78 is 11.6. The highest BCUT2D eigenvalue weighted by atomic mass is 79.9. The van der Waals surface area contributed by atoms with Crippen molar-refractivity contribution in [2.45, 2.75) is 26.2 Å². The lowest BCUT2D eigenvalue weighted by atomic mass is 9.87. The fourth-order valence-electron chi connectivity index (χ4n) is 2.51. The number of carbonyl (C=O) groups excluding carboxylic acids is 1. The Morgan fingerprint density at radius 2 is 1.86 bits per heavy atom. The second-order valence-electron chi connectivity index (χ2n) is 7.37. The van der Waals surface area contributed by atoms with Gasteiger partial charge in [-0.05, 0) is 63.3 Å². The highest BCUT2D eigenvalue weighted by molar-refractivity contribution is 9.10. The van der Waals surface area contributed by atoms with Gasteiger partial charge in [0.25, 0.3) is 5.91 Å². The van der Waals surface area contributed by atoms with E-state index in [0.29, 0.717) is 15.9 Å². The third-order valence-electron chi connectivity index (χ3n) is 4.16. The molecule has 3 rings (SSSR count). The second kappa shape index (κ2) is 8.92. The van der Waals surface area contributed by atoms with E-state index in [9.17, 15) is 4.79 Å². The van der Waals surface area contributed by atoms with Crippen LogP contribution in [0.4, 0.5) is 5.13 Å². The summed E-state index contributed by atoms with van der Waals surface area (Å²) in [7, 11) is 1.62. The van der Waals surface area contributed by atoms with E-state index in [1.807, 2.05) is 42.5 Å². The molecule has 1 heterocycles. The van der Waals surface area contributed by atoms with Crippen LogP contribution in [-0.2, 0) is 10.2 Å². The lowest BCUT2D eigenvalue weighted by molar-refractivity contribution is -0.118. The summed E-state index contributed by atoms with van der Waals surface area (Å²) in [6.45, 7) is 6.31. The Labute approximate surface area is 182 Å². The third kappa shape index (κ3) is 5.55. The molecular weight excluding hydrogens is 454 g/mol. The molecule has 2 aromatic carbocycles. The molecule has 0 aliphatic carbocycles. The lowest BCUT2D eigenvalue weighted by Crippen LogP contribution is -2.20. The standard InChI is InChI=1S/C21H22BrN3O3S/c1-21(2,3)14-7-10-17(16(22)11-14)28-12-18(26)23-20-25-24-19(29-20)13-5-8-15(27-4)9-6-13/h5-11H,12H2,1-4H3,(H,23,25,26). The zero-order chi connectivity index (χ0) is 21.0. The van der Waals surface area contributed by atoms with Gasteiger partial charge in [0.1, 0.15) is 16.5 Å². The third-order valence-corrected chi connectivity index (χ3v) is 5.67. The highest BCUT2D eigenvalue weighted by Gasteiger charge is 2.16. The number of ether oxygens (including phenoxy) is 2. The molecule has 0 unspecified atom stereocenters. The predicted molar refractivity (Wildman–Crippen MR) is 119 cm³/mol. The summed E-state index contributed by atoms with van der Waals surface area (Å²) in [5.74, 6) is 1.09. The number of halogens is 1. The van der Waals surface area contributed by atoms with Crippen LogP contribution < -0.4 is 14.8 Å². The van der Waals surface area contributed by atoms with Crippen molar-refractivity contribution in [2.75, 3.05) is 19.0 Å². The average Bonchev–Trinajstić information content (AvgIpc) is 3.14. The number of anilines is 1. The Kier molecular flexibility index (Phi) is 6.54. The lowest BCUT2D eigenvalue weighted by Gasteiger charge is -2.20. The number of hydrogen-bond donors (Lipinski definition) is 1. The maximum atomic E-state index is 12.2. The van der Waals surface area contributed by atoms with Crippen LogP contribution in [0.2, 0.25) is 0 Å². The Hall–Kier alpha value is -2.45. The van der Waals surface area contributed by atoms with Crippen molar-refractivity contribution in [1.82, 2.24) is 10.2 Å². The van der Waals surface area contributed by atoms with Gasteiger partial charge in [0, 0.05) is 5.56 Å². The van der Waals surface area contributed by atoms with Gasteiger partial charge in [-0.3, -0.25) is 10.1 Å². The van der Waals surface area contributed by atoms with E-state index in [4.69, 9.17) is 9.47 Å². The Balaban J connectivity index is 1.58. The molecule has 1 N–H and O–H groups in total. The minimum atomic E-state index is -0.297. The minimum Gasteiger partial charge on any atom is -0.497 e. The summed E-state index contributed by atoms with van der Waals surface area (Å²) in [5, 5.41) is 12.0. The van der Waals surface area contributed by atoms with E-state index >= 15 is 0 Å². The molecule has 1 aromatic heterocycles. The number of aromatic nitrogens is 2. The number of amides is 1. The SMILES string of the molecule is COc1ccc(-c2nnc(NC(=O)COc3ccc(C(C)(C)C)cc3Br)s2)cc1. The molecule has 152 valence electrons. The Bertz CT molecular complexity index is 997. The molecule has 3 aromatic rings. The van der Waals surface area contributed by atoms with Gasteiger partial charge in [0.05, 0.1) is 11.6 Å². The van der Waals surface area contributed by atoms with Gasteiger partial charge in [-0.25, -0.2) is 0 Å². The van der Waals surface area contributed by atoms with Gasteiger partial charge >= 0.3 is 0 Å². The number of hydrogen-bond acceptors (Lipinski definition) is 6.